The number of piperidine rings is 1. The average molecular weight is 519 g/mol. The highest BCUT2D eigenvalue weighted by molar-refractivity contribution is 7.92. The second-order valence-electron chi connectivity index (χ2n) is 10.0. The van der Waals surface area contributed by atoms with E-state index < -0.39 is 10.0 Å². The van der Waals surface area contributed by atoms with Crippen molar-refractivity contribution < 1.29 is 17.9 Å². The van der Waals surface area contributed by atoms with E-state index >= 15 is 0 Å². The van der Waals surface area contributed by atoms with Gasteiger partial charge in [0.2, 0.25) is 0 Å². The topological polar surface area (TPSA) is 66.9 Å². The molecule has 3 aromatic carbocycles. The Bertz CT molecular complexity index is 1350. The van der Waals surface area contributed by atoms with Crippen molar-refractivity contribution in [1.29, 1.82) is 0 Å². The number of anilines is 1. The average Bonchev–Trinajstić information content (AvgIpc) is 2.93. The quantitative estimate of drug-likeness (QED) is 0.442. The van der Waals surface area contributed by atoms with Gasteiger partial charge in [0.25, 0.3) is 15.9 Å². The number of nitrogens with zero attached hydrogens (tertiary/aromatic N) is 2. The highest BCUT2D eigenvalue weighted by Crippen LogP contribution is 2.33. The third-order valence-electron chi connectivity index (χ3n) is 7.49. The van der Waals surface area contributed by atoms with Crippen molar-refractivity contribution >= 4 is 21.6 Å². The van der Waals surface area contributed by atoms with E-state index in [1.165, 1.54) is 9.87 Å². The molecule has 0 saturated carbocycles. The normalized spacial score (nSPS) is 16.4. The molecule has 0 spiro atoms. The van der Waals surface area contributed by atoms with Crippen molar-refractivity contribution in [2.24, 2.45) is 5.92 Å². The number of carbonyl (C=O) groups is 1. The Morgan fingerprint density at radius 3 is 2.43 bits per heavy atom. The maximum atomic E-state index is 13.5. The lowest BCUT2D eigenvalue weighted by molar-refractivity contribution is -0.134. The lowest BCUT2D eigenvalue weighted by atomic mass is 9.90. The molecule has 2 aliphatic rings. The van der Waals surface area contributed by atoms with Gasteiger partial charge in [-0.15, -0.1) is 0 Å². The molecule has 0 aliphatic carbocycles. The maximum Gasteiger partial charge on any atom is 0.264 e. The van der Waals surface area contributed by atoms with E-state index in [1.807, 2.05) is 42.2 Å². The van der Waals surface area contributed by atoms with Crippen molar-refractivity contribution in [1.82, 2.24) is 4.90 Å². The minimum atomic E-state index is -3.69. The van der Waals surface area contributed by atoms with E-state index in [9.17, 15) is 13.2 Å². The second-order valence-corrected chi connectivity index (χ2v) is 11.9. The molecule has 0 bridgehead atoms. The van der Waals surface area contributed by atoms with Gasteiger partial charge in [-0.2, -0.15) is 0 Å². The van der Waals surface area contributed by atoms with E-state index in [0.29, 0.717) is 23.8 Å². The molecule has 1 fully saturated rings. The van der Waals surface area contributed by atoms with Crippen molar-refractivity contribution in [3.8, 4) is 5.75 Å². The summed E-state index contributed by atoms with van der Waals surface area (Å²) in [5, 5.41) is 0. The number of amides is 1. The molecule has 194 valence electrons. The van der Waals surface area contributed by atoms with Crippen LogP contribution in [-0.4, -0.2) is 45.5 Å². The summed E-state index contributed by atoms with van der Waals surface area (Å²) in [6.07, 6.45) is 4.71. The first-order chi connectivity index (χ1) is 17.9. The van der Waals surface area contributed by atoms with Gasteiger partial charge in [-0.3, -0.25) is 9.10 Å². The number of hydrogen-bond acceptors (Lipinski definition) is 4. The van der Waals surface area contributed by atoms with Crippen LogP contribution in [0.4, 0.5) is 5.69 Å². The number of benzene rings is 3. The molecule has 0 N–H and O–H groups in total. The van der Waals surface area contributed by atoms with Crippen molar-refractivity contribution in [2.75, 3.05) is 30.5 Å². The van der Waals surface area contributed by atoms with Gasteiger partial charge >= 0.3 is 0 Å². The number of carbonyl (C=O) groups excluding carboxylic acids is 1. The third-order valence-corrected chi connectivity index (χ3v) is 9.30. The predicted molar refractivity (Wildman–Crippen MR) is 145 cm³/mol. The first-order valence-electron chi connectivity index (χ1n) is 13.1. The summed E-state index contributed by atoms with van der Waals surface area (Å²) in [4.78, 5) is 14.9. The summed E-state index contributed by atoms with van der Waals surface area (Å²) in [7, 11) is -3.69. The Kier molecular flexibility index (Phi) is 7.51. The van der Waals surface area contributed by atoms with Crippen LogP contribution in [0.5, 0.6) is 5.75 Å². The Morgan fingerprint density at radius 1 is 0.946 bits per heavy atom. The fourth-order valence-electron chi connectivity index (χ4n) is 5.38. The van der Waals surface area contributed by atoms with E-state index in [1.54, 1.807) is 18.2 Å². The highest BCUT2D eigenvalue weighted by atomic mass is 32.2. The van der Waals surface area contributed by atoms with E-state index in [-0.39, 0.29) is 17.4 Å². The molecule has 1 amide bonds. The number of para-hydroxylation sites is 1. The molecule has 2 aliphatic heterocycles. The summed E-state index contributed by atoms with van der Waals surface area (Å²) in [6, 6.07) is 23.1. The fraction of sp³-hybridized carbons (Fsp3) is 0.367. The van der Waals surface area contributed by atoms with E-state index in [2.05, 4.69) is 24.3 Å². The number of rotatable bonds is 7. The molecule has 0 atom stereocenters. The molecule has 6 nitrogen and oxygen atoms in total. The standard InChI is InChI=1S/C30H34N2O4S/c1-23-20-27(37(34,35)32-17-7-11-26-10-5-6-12-28(26)32)13-14-29(23)36-22-30(33)31-18-15-25(16-19-31)21-24-8-3-2-4-9-24/h2-6,8-10,12-14,20,25H,7,11,15-19,21-22H2,1H3. The van der Waals surface area contributed by atoms with Crippen molar-refractivity contribution in [3.05, 3.63) is 89.5 Å². The van der Waals surface area contributed by atoms with Crippen LogP contribution in [0.2, 0.25) is 0 Å². The molecule has 2 heterocycles. The zero-order chi connectivity index (χ0) is 25.8. The summed E-state index contributed by atoms with van der Waals surface area (Å²) in [5.74, 6) is 1.10. The van der Waals surface area contributed by atoms with Crippen LogP contribution in [0.15, 0.2) is 77.7 Å². The van der Waals surface area contributed by atoms with Crippen molar-refractivity contribution in [2.45, 2.75) is 43.9 Å². The van der Waals surface area contributed by atoms with Gasteiger partial charge in [0.15, 0.2) is 6.61 Å². The van der Waals surface area contributed by atoms with Gasteiger partial charge in [-0.25, -0.2) is 8.42 Å². The Morgan fingerprint density at radius 2 is 1.68 bits per heavy atom. The van der Waals surface area contributed by atoms with Gasteiger partial charge in [-0.1, -0.05) is 48.5 Å². The number of ether oxygens (including phenoxy) is 1. The Balaban J connectivity index is 1.17. The van der Waals surface area contributed by atoms with Gasteiger partial charge < -0.3 is 9.64 Å². The lowest BCUT2D eigenvalue weighted by Gasteiger charge is -2.32. The van der Waals surface area contributed by atoms with Crippen LogP contribution >= 0.6 is 0 Å². The van der Waals surface area contributed by atoms with Crippen LogP contribution in [-0.2, 0) is 27.7 Å². The Labute approximate surface area is 219 Å². The summed E-state index contributed by atoms with van der Waals surface area (Å²) < 4.78 is 34.3. The monoisotopic (exact) mass is 518 g/mol. The number of aryl methyl sites for hydroxylation is 2. The van der Waals surface area contributed by atoms with Gasteiger partial charge in [0.05, 0.1) is 10.6 Å². The molecule has 3 aromatic rings. The fourth-order valence-corrected chi connectivity index (χ4v) is 7.01. The lowest BCUT2D eigenvalue weighted by Crippen LogP contribution is -2.41. The smallest absolute Gasteiger partial charge is 0.264 e. The van der Waals surface area contributed by atoms with E-state index in [4.69, 9.17) is 4.74 Å². The Hall–Kier alpha value is -3.32. The van der Waals surface area contributed by atoms with Gasteiger partial charge in [0, 0.05) is 19.6 Å². The van der Waals surface area contributed by atoms with Gasteiger partial charge in [0.1, 0.15) is 5.75 Å². The number of hydrogen-bond donors (Lipinski definition) is 0. The number of sulfonamides is 1. The SMILES string of the molecule is Cc1cc(S(=O)(=O)N2CCCc3ccccc32)ccc1OCC(=O)N1CCC(Cc2ccccc2)CC1. The van der Waals surface area contributed by atoms with Crippen LogP contribution in [0.3, 0.4) is 0 Å². The highest BCUT2D eigenvalue weighted by Gasteiger charge is 2.29. The zero-order valence-corrected chi connectivity index (χ0v) is 22.1. The molecule has 0 radical (unpaired) electrons. The summed E-state index contributed by atoms with van der Waals surface area (Å²) >= 11 is 0. The minimum Gasteiger partial charge on any atom is -0.483 e. The molecule has 37 heavy (non-hydrogen) atoms. The largest absolute Gasteiger partial charge is 0.483 e. The van der Waals surface area contributed by atoms with Crippen LogP contribution in [0.1, 0.15) is 36.0 Å². The summed E-state index contributed by atoms with van der Waals surface area (Å²) in [5.41, 5.74) is 3.85. The first-order valence-corrected chi connectivity index (χ1v) is 14.5. The third kappa shape index (κ3) is 5.67. The molecule has 1 saturated heterocycles. The van der Waals surface area contributed by atoms with E-state index in [0.717, 1.165) is 56.4 Å². The molecule has 5 rings (SSSR count). The number of likely N-dealkylation sites (tertiary alicyclic amines) is 1. The summed E-state index contributed by atoms with van der Waals surface area (Å²) in [6.45, 7) is 3.72. The number of fused-ring (bicyclic) bond motifs is 1. The van der Waals surface area contributed by atoms with Crippen molar-refractivity contribution in [3.63, 3.8) is 0 Å². The van der Waals surface area contributed by atoms with Gasteiger partial charge in [-0.05, 0) is 85.9 Å². The van der Waals surface area contributed by atoms with Crippen LogP contribution in [0.25, 0.3) is 0 Å². The molecular formula is C30H34N2O4S. The predicted octanol–water partition coefficient (Wildman–Crippen LogP) is 5.00. The maximum absolute atomic E-state index is 13.5. The minimum absolute atomic E-state index is 0.0285. The molecular weight excluding hydrogens is 484 g/mol. The zero-order valence-electron chi connectivity index (χ0n) is 21.3. The molecule has 0 unspecified atom stereocenters. The van der Waals surface area contributed by atoms with Crippen LogP contribution in [0, 0.1) is 12.8 Å². The van der Waals surface area contributed by atoms with Crippen LogP contribution < -0.4 is 9.04 Å². The first kappa shape index (κ1) is 25.3. The second kappa shape index (κ2) is 11.0. The molecule has 0 aromatic heterocycles. The molecule has 7 heteroatoms.